The zero-order valence-electron chi connectivity index (χ0n) is 13.3. The number of halogens is 1. The molecule has 7 heteroatoms. The zero-order chi connectivity index (χ0) is 17.7. The molecule has 0 atom stereocenters. The highest BCUT2D eigenvalue weighted by molar-refractivity contribution is 6.31. The number of aryl methyl sites for hydroxylation is 1. The normalized spacial score (nSPS) is 10.3. The fourth-order valence-electron chi connectivity index (χ4n) is 2.36. The Labute approximate surface area is 144 Å². The minimum absolute atomic E-state index is 0.0133. The fourth-order valence-corrected chi connectivity index (χ4v) is 2.52. The van der Waals surface area contributed by atoms with E-state index in [0.717, 1.165) is 16.9 Å². The molecule has 0 aliphatic heterocycles. The van der Waals surface area contributed by atoms with Gasteiger partial charge in [-0.25, -0.2) is 0 Å². The minimum Gasteiger partial charge on any atom is -0.496 e. The number of amides is 1. The third-order valence-corrected chi connectivity index (χ3v) is 3.75. The molecule has 0 unspecified atom stereocenters. The standard InChI is InChI=1S/C17H17ClN2O4/c1-11-3-6-16(24-2)12(9-11)7-8-19-17(21)14-5-4-13(18)10-15(14)20(22)23/h3-6,9-10H,7-8H2,1-2H3,(H,19,21). The van der Waals surface area contributed by atoms with Gasteiger partial charge >= 0.3 is 0 Å². The molecule has 0 saturated heterocycles. The number of hydrogen-bond donors (Lipinski definition) is 1. The largest absolute Gasteiger partial charge is 0.496 e. The first-order valence-electron chi connectivity index (χ1n) is 7.28. The Morgan fingerprint density at radius 2 is 2.04 bits per heavy atom. The molecule has 2 aromatic rings. The number of nitro benzene ring substituents is 1. The molecule has 1 amide bonds. The summed E-state index contributed by atoms with van der Waals surface area (Å²) >= 11 is 5.75. The molecule has 126 valence electrons. The van der Waals surface area contributed by atoms with Crippen LogP contribution < -0.4 is 10.1 Å². The van der Waals surface area contributed by atoms with Crippen molar-refractivity contribution in [2.45, 2.75) is 13.3 Å². The molecule has 0 aromatic heterocycles. The second kappa shape index (κ2) is 7.79. The third-order valence-electron chi connectivity index (χ3n) is 3.52. The van der Waals surface area contributed by atoms with Gasteiger partial charge < -0.3 is 10.1 Å². The van der Waals surface area contributed by atoms with Crippen molar-refractivity contribution in [1.29, 1.82) is 0 Å². The molecule has 0 heterocycles. The summed E-state index contributed by atoms with van der Waals surface area (Å²) in [6, 6.07) is 9.76. The molecule has 0 saturated carbocycles. The van der Waals surface area contributed by atoms with Crippen molar-refractivity contribution in [3.05, 3.63) is 68.2 Å². The van der Waals surface area contributed by atoms with Gasteiger partial charge in [-0.15, -0.1) is 0 Å². The number of nitrogens with zero attached hydrogens (tertiary/aromatic N) is 1. The lowest BCUT2D eigenvalue weighted by Crippen LogP contribution is -2.26. The van der Waals surface area contributed by atoms with Crippen molar-refractivity contribution in [1.82, 2.24) is 5.32 Å². The van der Waals surface area contributed by atoms with Crippen LogP contribution in [0.25, 0.3) is 0 Å². The topological polar surface area (TPSA) is 81.5 Å². The van der Waals surface area contributed by atoms with E-state index in [0.29, 0.717) is 13.0 Å². The van der Waals surface area contributed by atoms with Gasteiger partial charge in [0.25, 0.3) is 11.6 Å². The molecule has 0 aliphatic carbocycles. The summed E-state index contributed by atoms with van der Waals surface area (Å²) < 4.78 is 5.29. The van der Waals surface area contributed by atoms with E-state index in [2.05, 4.69) is 5.32 Å². The maximum Gasteiger partial charge on any atom is 0.283 e. The average molecular weight is 349 g/mol. The molecule has 0 radical (unpaired) electrons. The van der Waals surface area contributed by atoms with Crippen molar-refractivity contribution in [3.8, 4) is 5.75 Å². The van der Waals surface area contributed by atoms with Crippen molar-refractivity contribution in [2.75, 3.05) is 13.7 Å². The Balaban J connectivity index is 2.07. The minimum atomic E-state index is -0.621. The van der Waals surface area contributed by atoms with Gasteiger partial charge in [-0.3, -0.25) is 14.9 Å². The molecule has 24 heavy (non-hydrogen) atoms. The van der Waals surface area contributed by atoms with Crippen LogP contribution >= 0.6 is 11.6 Å². The van der Waals surface area contributed by atoms with Crippen LogP contribution in [0.4, 0.5) is 5.69 Å². The predicted molar refractivity (Wildman–Crippen MR) is 91.9 cm³/mol. The number of carbonyl (C=O) groups is 1. The van der Waals surface area contributed by atoms with Gasteiger partial charge in [0.05, 0.1) is 12.0 Å². The lowest BCUT2D eigenvalue weighted by Gasteiger charge is -2.10. The van der Waals surface area contributed by atoms with E-state index < -0.39 is 10.8 Å². The molecule has 0 spiro atoms. The maximum atomic E-state index is 12.2. The average Bonchev–Trinajstić information content (AvgIpc) is 2.54. The summed E-state index contributed by atoms with van der Waals surface area (Å²) in [5.41, 5.74) is 1.72. The number of carbonyl (C=O) groups excluding carboxylic acids is 1. The molecule has 0 fully saturated rings. The Hall–Kier alpha value is -2.60. The van der Waals surface area contributed by atoms with Crippen molar-refractivity contribution in [2.24, 2.45) is 0 Å². The lowest BCUT2D eigenvalue weighted by molar-refractivity contribution is -0.385. The van der Waals surface area contributed by atoms with Crippen molar-refractivity contribution < 1.29 is 14.5 Å². The van der Waals surface area contributed by atoms with Crippen LogP contribution in [0.3, 0.4) is 0 Å². The van der Waals surface area contributed by atoms with Crippen LogP contribution in [0, 0.1) is 17.0 Å². The SMILES string of the molecule is COc1ccc(C)cc1CCNC(=O)c1ccc(Cl)cc1[N+](=O)[O-]. The summed E-state index contributed by atoms with van der Waals surface area (Å²) in [7, 11) is 1.59. The first-order valence-corrected chi connectivity index (χ1v) is 7.66. The van der Waals surface area contributed by atoms with Gasteiger partial charge in [-0.1, -0.05) is 29.3 Å². The van der Waals surface area contributed by atoms with Crippen LogP contribution in [0.1, 0.15) is 21.5 Å². The van der Waals surface area contributed by atoms with Crippen LogP contribution in [0.15, 0.2) is 36.4 Å². The Morgan fingerprint density at radius 1 is 1.29 bits per heavy atom. The number of hydrogen-bond acceptors (Lipinski definition) is 4. The zero-order valence-corrected chi connectivity index (χ0v) is 14.1. The molecular weight excluding hydrogens is 332 g/mol. The second-order valence-electron chi connectivity index (χ2n) is 5.24. The monoisotopic (exact) mass is 348 g/mol. The van der Waals surface area contributed by atoms with E-state index in [-0.39, 0.29) is 16.3 Å². The molecule has 0 aliphatic rings. The smallest absolute Gasteiger partial charge is 0.283 e. The number of rotatable bonds is 6. The quantitative estimate of drug-likeness (QED) is 0.639. The molecule has 1 N–H and O–H groups in total. The van der Waals surface area contributed by atoms with Gasteiger partial charge in [0.2, 0.25) is 0 Å². The molecule has 2 rings (SSSR count). The van der Waals surface area contributed by atoms with Crippen LogP contribution in [-0.4, -0.2) is 24.5 Å². The van der Waals surface area contributed by atoms with Gasteiger partial charge in [-0.05, 0) is 37.1 Å². The number of ether oxygens (including phenoxy) is 1. The predicted octanol–water partition coefficient (Wildman–Crippen LogP) is 3.54. The third kappa shape index (κ3) is 4.23. The maximum absolute atomic E-state index is 12.2. The highest BCUT2D eigenvalue weighted by atomic mass is 35.5. The number of methoxy groups -OCH3 is 1. The highest BCUT2D eigenvalue weighted by Gasteiger charge is 2.20. The van der Waals surface area contributed by atoms with E-state index in [9.17, 15) is 14.9 Å². The first-order chi connectivity index (χ1) is 11.4. The van der Waals surface area contributed by atoms with Crippen molar-refractivity contribution in [3.63, 3.8) is 0 Å². The van der Waals surface area contributed by atoms with E-state index in [1.54, 1.807) is 7.11 Å². The van der Waals surface area contributed by atoms with Crippen LogP contribution in [0.5, 0.6) is 5.75 Å². The fraction of sp³-hybridized carbons (Fsp3) is 0.235. The molecule has 2 aromatic carbocycles. The summed E-state index contributed by atoms with van der Waals surface area (Å²) in [6.07, 6.45) is 0.554. The summed E-state index contributed by atoms with van der Waals surface area (Å²) in [5, 5.41) is 13.9. The van der Waals surface area contributed by atoms with Crippen LogP contribution in [0.2, 0.25) is 5.02 Å². The van der Waals surface area contributed by atoms with Gasteiger partial charge in [-0.2, -0.15) is 0 Å². The highest BCUT2D eigenvalue weighted by Crippen LogP contribution is 2.23. The second-order valence-corrected chi connectivity index (χ2v) is 5.68. The Kier molecular flexibility index (Phi) is 5.76. The number of nitrogens with one attached hydrogen (secondary N) is 1. The molecule has 6 nitrogen and oxygen atoms in total. The van der Waals surface area contributed by atoms with Crippen molar-refractivity contribution >= 4 is 23.2 Å². The summed E-state index contributed by atoms with van der Waals surface area (Å²) in [5.74, 6) is 0.234. The van der Waals surface area contributed by atoms with E-state index in [4.69, 9.17) is 16.3 Å². The Morgan fingerprint density at radius 3 is 2.71 bits per heavy atom. The molecule has 0 bridgehead atoms. The number of nitro groups is 1. The van der Waals surface area contributed by atoms with Gasteiger partial charge in [0.1, 0.15) is 11.3 Å². The van der Waals surface area contributed by atoms with E-state index in [1.807, 2.05) is 25.1 Å². The lowest BCUT2D eigenvalue weighted by atomic mass is 10.1. The van der Waals surface area contributed by atoms with E-state index in [1.165, 1.54) is 18.2 Å². The van der Waals surface area contributed by atoms with E-state index >= 15 is 0 Å². The van der Waals surface area contributed by atoms with Gasteiger partial charge in [0, 0.05) is 17.6 Å². The number of benzene rings is 2. The summed E-state index contributed by atoms with van der Waals surface area (Å²) in [4.78, 5) is 22.6. The van der Waals surface area contributed by atoms with Crippen LogP contribution in [-0.2, 0) is 6.42 Å². The summed E-state index contributed by atoms with van der Waals surface area (Å²) in [6.45, 7) is 2.30. The molecular formula is C17H17ClN2O4. The Bertz CT molecular complexity index is 777. The van der Waals surface area contributed by atoms with Gasteiger partial charge in [0.15, 0.2) is 0 Å². The first kappa shape index (κ1) is 17.7.